The summed E-state index contributed by atoms with van der Waals surface area (Å²) >= 11 is 0. The lowest BCUT2D eigenvalue weighted by Gasteiger charge is -2.25. The van der Waals surface area contributed by atoms with Crippen LogP contribution < -0.4 is 0 Å². The summed E-state index contributed by atoms with van der Waals surface area (Å²) in [7, 11) is 0. The van der Waals surface area contributed by atoms with Gasteiger partial charge in [-0.1, -0.05) is 0 Å². The van der Waals surface area contributed by atoms with Gasteiger partial charge in [0.2, 0.25) is 5.76 Å². The maximum Gasteiger partial charge on any atom is 0.377 e. The highest BCUT2D eigenvalue weighted by Gasteiger charge is 2.32. The molecule has 80 valence electrons. The van der Waals surface area contributed by atoms with Gasteiger partial charge in [-0.2, -0.15) is 0 Å². The SMILES string of the molecule is O=C(OCC(CO)(CO)CO)C1=CO1. The van der Waals surface area contributed by atoms with Gasteiger partial charge in [0.05, 0.1) is 25.2 Å². The van der Waals surface area contributed by atoms with Crippen molar-refractivity contribution < 1.29 is 29.6 Å². The third-order valence-corrected chi connectivity index (χ3v) is 1.95. The Morgan fingerprint density at radius 1 is 1.36 bits per heavy atom. The number of rotatable bonds is 6. The zero-order chi connectivity index (χ0) is 10.6. The summed E-state index contributed by atoms with van der Waals surface area (Å²) in [5, 5.41) is 26.7. The van der Waals surface area contributed by atoms with Gasteiger partial charge in [0, 0.05) is 0 Å². The van der Waals surface area contributed by atoms with E-state index in [1.165, 1.54) is 6.26 Å². The highest BCUT2D eigenvalue weighted by molar-refractivity contribution is 5.88. The Kier molecular flexibility index (Phi) is 3.45. The third kappa shape index (κ3) is 2.44. The van der Waals surface area contributed by atoms with Crippen molar-refractivity contribution in [1.82, 2.24) is 0 Å². The predicted molar refractivity (Wildman–Crippen MR) is 43.8 cm³/mol. The molecule has 0 saturated heterocycles. The fraction of sp³-hybridized carbons (Fsp3) is 0.625. The van der Waals surface area contributed by atoms with Crippen LogP contribution in [0.2, 0.25) is 0 Å². The minimum Gasteiger partial charge on any atom is -0.459 e. The quantitative estimate of drug-likeness (QED) is 0.449. The molecule has 6 heteroatoms. The first kappa shape index (κ1) is 11.0. The Hall–Kier alpha value is -1.11. The second kappa shape index (κ2) is 4.41. The van der Waals surface area contributed by atoms with Crippen LogP contribution in [0.3, 0.4) is 0 Å². The number of carbonyl (C=O) groups is 1. The molecule has 6 nitrogen and oxygen atoms in total. The molecule has 0 aliphatic carbocycles. The highest BCUT2D eigenvalue weighted by atomic mass is 16.6. The van der Waals surface area contributed by atoms with Crippen LogP contribution in [0, 0.1) is 5.41 Å². The molecular weight excluding hydrogens is 192 g/mol. The molecule has 0 amide bonds. The van der Waals surface area contributed by atoms with Gasteiger partial charge in [0.15, 0.2) is 0 Å². The van der Waals surface area contributed by atoms with Crippen LogP contribution in [-0.2, 0) is 14.3 Å². The summed E-state index contributed by atoms with van der Waals surface area (Å²) in [6.45, 7) is -1.65. The Labute approximate surface area is 80.4 Å². The molecule has 0 aromatic rings. The van der Waals surface area contributed by atoms with Crippen molar-refractivity contribution in [3.05, 3.63) is 12.0 Å². The topological polar surface area (TPSA) is 99.5 Å². The van der Waals surface area contributed by atoms with E-state index in [0.29, 0.717) is 0 Å². The van der Waals surface area contributed by atoms with E-state index in [1.54, 1.807) is 0 Å². The van der Waals surface area contributed by atoms with Gasteiger partial charge in [-0.15, -0.1) is 0 Å². The number of carbonyl (C=O) groups excluding carboxylic acids is 1. The van der Waals surface area contributed by atoms with E-state index in [4.69, 9.17) is 20.1 Å². The molecular formula is C8H12O6. The fourth-order valence-corrected chi connectivity index (χ4v) is 0.702. The summed E-state index contributed by atoms with van der Waals surface area (Å²) in [5.74, 6) is -0.558. The van der Waals surface area contributed by atoms with Crippen molar-refractivity contribution in [2.24, 2.45) is 5.41 Å². The summed E-state index contributed by atoms with van der Waals surface area (Å²) in [5.41, 5.74) is -1.19. The van der Waals surface area contributed by atoms with Crippen LogP contribution >= 0.6 is 0 Å². The lowest BCUT2D eigenvalue weighted by molar-refractivity contribution is -0.147. The molecule has 0 saturated carbocycles. The largest absolute Gasteiger partial charge is 0.459 e. The Bertz CT molecular complexity index is 234. The van der Waals surface area contributed by atoms with Gasteiger partial charge >= 0.3 is 5.97 Å². The summed E-state index contributed by atoms with van der Waals surface area (Å²) in [6.07, 6.45) is 1.22. The van der Waals surface area contributed by atoms with Gasteiger partial charge in [0.1, 0.15) is 12.9 Å². The predicted octanol–water partition coefficient (Wildman–Crippen LogP) is -1.64. The maximum absolute atomic E-state index is 10.9. The second-order valence-corrected chi connectivity index (χ2v) is 3.15. The van der Waals surface area contributed by atoms with Gasteiger partial charge in [0.25, 0.3) is 0 Å². The van der Waals surface area contributed by atoms with Crippen LogP contribution in [0.25, 0.3) is 0 Å². The fourth-order valence-electron chi connectivity index (χ4n) is 0.702. The molecule has 14 heavy (non-hydrogen) atoms. The van der Waals surface area contributed by atoms with Gasteiger partial charge in [-0.25, -0.2) is 4.79 Å². The lowest BCUT2D eigenvalue weighted by atomic mass is 9.93. The van der Waals surface area contributed by atoms with Crippen molar-refractivity contribution in [2.45, 2.75) is 0 Å². The number of esters is 1. The minimum atomic E-state index is -1.19. The van der Waals surface area contributed by atoms with Gasteiger partial charge < -0.3 is 24.8 Å². The van der Waals surface area contributed by atoms with E-state index >= 15 is 0 Å². The van der Waals surface area contributed by atoms with Gasteiger partial charge in [-0.05, 0) is 0 Å². The number of ether oxygens (including phenoxy) is 2. The average molecular weight is 204 g/mol. The highest BCUT2D eigenvalue weighted by Crippen LogP contribution is 2.19. The molecule has 0 aromatic heterocycles. The van der Waals surface area contributed by atoms with Crippen molar-refractivity contribution >= 4 is 5.97 Å². The molecule has 1 aliphatic heterocycles. The Morgan fingerprint density at radius 3 is 2.21 bits per heavy atom. The molecule has 1 rings (SSSR count). The number of hydrogen-bond donors (Lipinski definition) is 3. The van der Waals surface area contributed by atoms with E-state index in [1.807, 2.05) is 0 Å². The van der Waals surface area contributed by atoms with Crippen LogP contribution in [-0.4, -0.2) is 47.7 Å². The smallest absolute Gasteiger partial charge is 0.377 e. The maximum atomic E-state index is 10.9. The summed E-state index contributed by atoms with van der Waals surface area (Å²) in [4.78, 5) is 10.9. The van der Waals surface area contributed by atoms with Crippen molar-refractivity contribution in [3.63, 3.8) is 0 Å². The number of aliphatic hydroxyl groups excluding tert-OH is 3. The first-order valence-corrected chi connectivity index (χ1v) is 4.04. The molecule has 0 aromatic carbocycles. The van der Waals surface area contributed by atoms with E-state index < -0.39 is 31.2 Å². The zero-order valence-electron chi connectivity index (χ0n) is 7.47. The summed E-state index contributed by atoms with van der Waals surface area (Å²) in [6, 6.07) is 0. The normalized spacial score (nSPS) is 14.4. The molecule has 3 N–H and O–H groups in total. The van der Waals surface area contributed by atoms with Crippen LogP contribution in [0.4, 0.5) is 0 Å². The molecule has 0 fully saturated rings. The summed E-state index contributed by atoms with van der Waals surface area (Å²) < 4.78 is 9.16. The minimum absolute atomic E-state index is 0.104. The first-order chi connectivity index (χ1) is 6.67. The standard InChI is InChI=1S/C8H12O6/c9-2-8(3-10,4-11)5-14-7(12)6-1-13-6/h1,9-11H,2-5H2. The van der Waals surface area contributed by atoms with Gasteiger partial charge in [-0.3, -0.25) is 0 Å². The van der Waals surface area contributed by atoms with E-state index in [0.717, 1.165) is 0 Å². The molecule has 0 radical (unpaired) electrons. The number of hydrogen-bond acceptors (Lipinski definition) is 6. The molecule has 1 aliphatic rings. The first-order valence-electron chi connectivity index (χ1n) is 4.04. The molecule has 0 unspecified atom stereocenters. The molecule has 1 heterocycles. The van der Waals surface area contributed by atoms with Crippen LogP contribution in [0.1, 0.15) is 0 Å². The van der Waals surface area contributed by atoms with Crippen LogP contribution in [0.15, 0.2) is 12.0 Å². The van der Waals surface area contributed by atoms with Crippen molar-refractivity contribution in [1.29, 1.82) is 0 Å². The third-order valence-electron chi connectivity index (χ3n) is 1.95. The van der Waals surface area contributed by atoms with Crippen LogP contribution in [0.5, 0.6) is 0 Å². The van der Waals surface area contributed by atoms with Crippen molar-refractivity contribution in [2.75, 3.05) is 26.4 Å². The van der Waals surface area contributed by atoms with Crippen molar-refractivity contribution in [3.8, 4) is 0 Å². The molecule has 0 atom stereocenters. The lowest BCUT2D eigenvalue weighted by Crippen LogP contribution is -2.39. The Balaban J connectivity index is 2.39. The monoisotopic (exact) mass is 204 g/mol. The van der Waals surface area contributed by atoms with E-state index in [-0.39, 0.29) is 12.4 Å². The average Bonchev–Trinajstić information content (AvgIpc) is 3.04. The van der Waals surface area contributed by atoms with E-state index in [2.05, 4.69) is 4.74 Å². The molecule has 0 bridgehead atoms. The molecule has 0 spiro atoms. The zero-order valence-corrected chi connectivity index (χ0v) is 7.47. The Morgan fingerprint density at radius 2 is 1.86 bits per heavy atom. The number of aliphatic hydroxyl groups is 3. The van der Waals surface area contributed by atoms with E-state index in [9.17, 15) is 4.79 Å². The second-order valence-electron chi connectivity index (χ2n) is 3.15.